The van der Waals surface area contributed by atoms with Crippen molar-refractivity contribution in [1.82, 2.24) is 5.32 Å². The summed E-state index contributed by atoms with van der Waals surface area (Å²) in [6.45, 7) is 2.43. The van der Waals surface area contributed by atoms with E-state index in [1.54, 1.807) is 5.56 Å². The van der Waals surface area contributed by atoms with E-state index < -0.39 is 0 Å². The van der Waals surface area contributed by atoms with Crippen molar-refractivity contribution in [3.8, 4) is 0 Å². The van der Waals surface area contributed by atoms with Crippen LogP contribution in [0.4, 0.5) is 0 Å². The predicted octanol–water partition coefficient (Wildman–Crippen LogP) is 4.85. The molecule has 20 heavy (non-hydrogen) atoms. The number of fused-ring (bicyclic) bond motifs is 3. The first-order valence-corrected chi connectivity index (χ1v) is 9.04. The molecule has 0 aliphatic heterocycles. The van der Waals surface area contributed by atoms with E-state index in [4.69, 9.17) is 0 Å². The van der Waals surface area contributed by atoms with Gasteiger partial charge >= 0.3 is 0 Å². The summed E-state index contributed by atoms with van der Waals surface area (Å²) in [6, 6.07) is 8.09. The van der Waals surface area contributed by atoms with Gasteiger partial charge in [-0.2, -0.15) is 0 Å². The van der Waals surface area contributed by atoms with Crippen LogP contribution in [0.1, 0.15) is 56.2 Å². The molecule has 108 valence electrons. The van der Waals surface area contributed by atoms with Crippen LogP contribution in [-0.4, -0.2) is 6.04 Å². The van der Waals surface area contributed by atoms with E-state index in [0.29, 0.717) is 12.1 Å². The zero-order valence-corrected chi connectivity index (χ0v) is 13.8. The third-order valence-corrected chi connectivity index (χ3v) is 6.58. The maximum Gasteiger partial charge on any atom is 0.0328 e. The minimum atomic E-state index is 0.590. The second-order valence-corrected chi connectivity index (χ2v) is 8.14. The molecule has 0 saturated heterocycles. The number of benzene rings is 1. The molecule has 1 aromatic carbocycles. The summed E-state index contributed by atoms with van der Waals surface area (Å²) in [5.74, 6) is 3.02. The second-order valence-electron chi connectivity index (χ2n) is 7.23. The standard InChI is InChI=1S/C18H24BrN/c1-11(17-9-12-2-3-13(17)8-12)20-18-7-4-14-10-15(19)5-6-16(14)18/h5-6,10-13,17-18,20H,2-4,7-9H2,1H3. The fraction of sp³-hybridized carbons (Fsp3) is 0.667. The Labute approximate surface area is 130 Å². The topological polar surface area (TPSA) is 12.0 Å². The molecule has 0 amide bonds. The average Bonchev–Trinajstić information content (AvgIpc) is 3.13. The van der Waals surface area contributed by atoms with Gasteiger partial charge in [-0.25, -0.2) is 0 Å². The molecule has 2 heteroatoms. The minimum Gasteiger partial charge on any atom is -0.307 e. The highest BCUT2D eigenvalue weighted by molar-refractivity contribution is 9.10. The van der Waals surface area contributed by atoms with E-state index in [9.17, 15) is 0 Å². The number of rotatable bonds is 3. The van der Waals surface area contributed by atoms with E-state index in [1.807, 2.05) is 0 Å². The lowest BCUT2D eigenvalue weighted by atomic mass is 9.83. The quantitative estimate of drug-likeness (QED) is 0.833. The number of aryl methyl sites for hydroxylation is 1. The van der Waals surface area contributed by atoms with Crippen molar-refractivity contribution in [1.29, 1.82) is 0 Å². The molecule has 4 rings (SSSR count). The molecule has 5 unspecified atom stereocenters. The van der Waals surface area contributed by atoms with Crippen molar-refractivity contribution < 1.29 is 0 Å². The van der Waals surface area contributed by atoms with Crippen molar-refractivity contribution in [2.75, 3.05) is 0 Å². The zero-order valence-electron chi connectivity index (χ0n) is 12.2. The lowest BCUT2D eigenvalue weighted by Gasteiger charge is -2.31. The van der Waals surface area contributed by atoms with E-state index in [1.165, 1.54) is 48.6 Å². The lowest BCUT2D eigenvalue weighted by molar-refractivity contribution is 0.245. The van der Waals surface area contributed by atoms with Gasteiger partial charge in [-0.15, -0.1) is 0 Å². The Hall–Kier alpha value is -0.340. The molecule has 1 N–H and O–H groups in total. The molecule has 2 fully saturated rings. The van der Waals surface area contributed by atoms with Crippen LogP contribution in [-0.2, 0) is 6.42 Å². The Bertz CT molecular complexity index is 512. The van der Waals surface area contributed by atoms with Crippen LogP contribution >= 0.6 is 15.9 Å². The van der Waals surface area contributed by atoms with Crippen LogP contribution in [0, 0.1) is 17.8 Å². The smallest absolute Gasteiger partial charge is 0.0328 e. The lowest BCUT2D eigenvalue weighted by Crippen LogP contribution is -2.38. The molecular formula is C18H24BrN. The third kappa shape index (κ3) is 2.25. The van der Waals surface area contributed by atoms with Gasteiger partial charge in [0, 0.05) is 16.6 Å². The summed E-state index contributed by atoms with van der Waals surface area (Å²) in [4.78, 5) is 0. The van der Waals surface area contributed by atoms with Crippen LogP contribution in [0.3, 0.4) is 0 Å². The fourth-order valence-electron chi connectivity index (χ4n) is 5.11. The average molecular weight is 334 g/mol. The molecule has 0 radical (unpaired) electrons. The number of hydrogen-bond acceptors (Lipinski definition) is 1. The van der Waals surface area contributed by atoms with Crippen LogP contribution in [0.25, 0.3) is 0 Å². The monoisotopic (exact) mass is 333 g/mol. The van der Waals surface area contributed by atoms with Gasteiger partial charge < -0.3 is 5.32 Å². The van der Waals surface area contributed by atoms with Gasteiger partial charge in [0.15, 0.2) is 0 Å². The SMILES string of the molecule is CC(NC1CCc2cc(Br)ccc21)C1CC2CCC1C2. The summed E-state index contributed by atoms with van der Waals surface area (Å²) in [7, 11) is 0. The van der Waals surface area contributed by atoms with Gasteiger partial charge in [0.1, 0.15) is 0 Å². The number of halogens is 1. The Morgan fingerprint density at radius 1 is 1.20 bits per heavy atom. The predicted molar refractivity (Wildman–Crippen MR) is 86.7 cm³/mol. The first-order valence-electron chi connectivity index (χ1n) is 8.25. The molecule has 2 bridgehead atoms. The van der Waals surface area contributed by atoms with Gasteiger partial charge in [0.05, 0.1) is 0 Å². The van der Waals surface area contributed by atoms with E-state index in [2.05, 4.69) is 46.4 Å². The molecular weight excluding hydrogens is 310 g/mol. The number of hydrogen-bond donors (Lipinski definition) is 1. The highest BCUT2D eigenvalue weighted by Crippen LogP contribution is 2.50. The summed E-state index contributed by atoms with van der Waals surface area (Å²) in [5, 5.41) is 3.97. The van der Waals surface area contributed by atoms with Crippen molar-refractivity contribution in [3.63, 3.8) is 0 Å². The van der Waals surface area contributed by atoms with Crippen molar-refractivity contribution in [2.24, 2.45) is 17.8 Å². The van der Waals surface area contributed by atoms with Crippen LogP contribution in [0.2, 0.25) is 0 Å². The van der Waals surface area contributed by atoms with Crippen LogP contribution < -0.4 is 5.32 Å². The zero-order chi connectivity index (χ0) is 13.7. The second kappa shape index (κ2) is 5.14. The summed E-state index contributed by atoms with van der Waals surface area (Å²) in [5.41, 5.74) is 3.08. The molecule has 3 aliphatic carbocycles. The maximum absolute atomic E-state index is 3.97. The molecule has 3 aliphatic rings. The third-order valence-electron chi connectivity index (χ3n) is 6.08. The highest BCUT2D eigenvalue weighted by Gasteiger charge is 2.42. The van der Waals surface area contributed by atoms with Crippen LogP contribution in [0.5, 0.6) is 0 Å². The Morgan fingerprint density at radius 2 is 2.10 bits per heavy atom. The molecule has 1 nitrogen and oxygen atoms in total. The highest BCUT2D eigenvalue weighted by atomic mass is 79.9. The van der Waals surface area contributed by atoms with Crippen LogP contribution in [0.15, 0.2) is 22.7 Å². The van der Waals surface area contributed by atoms with E-state index in [0.717, 1.165) is 17.8 Å². The molecule has 1 aromatic rings. The van der Waals surface area contributed by atoms with E-state index >= 15 is 0 Å². The molecule has 0 spiro atoms. The normalized spacial score (nSPS) is 36.3. The largest absolute Gasteiger partial charge is 0.307 e. The van der Waals surface area contributed by atoms with Crippen molar-refractivity contribution in [3.05, 3.63) is 33.8 Å². The Kier molecular flexibility index (Phi) is 3.42. The van der Waals surface area contributed by atoms with Gasteiger partial charge in [0.25, 0.3) is 0 Å². The van der Waals surface area contributed by atoms with Gasteiger partial charge in [0.2, 0.25) is 0 Å². The molecule has 0 heterocycles. The molecule has 0 aromatic heterocycles. The molecule has 5 atom stereocenters. The van der Waals surface area contributed by atoms with Gasteiger partial charge in [-0.1, -0.05) is 28.4 Å². The van der Waals surface area contributed by atoms with Gasteiger partial charge in [-0.3, -0.25) is 0 Å². The summed E-state index contributed by atoms with van der Waals surface area (Å²) < 4.78 is 1.22. The molecule has 2 saturated carbocycles. The number of nitrogens with one attached hydrogen (secondary N) is 1. The van der Waals surface area contributed by atoms with Gasteiger partial charge in [-0.05, 0) is 80.0 Å². The fourth-order valence-corrected chi connectivity index (χ4v) is 5.51. The minimum absolute atomic E-state index is 0.590. The van der Waals surface area contributed by atoms with E-state index in [-0.39, 0.29) is 0 Å². The first-order chi connectivity index (χ1) is 9.70. The van der Waals surface area contributed by atoms with Crippen molar-refractivity contribution >= 4 is 15.9 Å². The van der Waals surface area contributed by atoms with Crippen molar-refractivity contribution in [2.45, 2.75) is 57.5 Å². The Balaban J connectivity index is 1.46. The first kappa shape index (κ1) is 13.3. The summed E-state index contributed by atoms with van der Waals surface area (Å²) in [6.07, 6.45) is 8.51. The maximum atomic E-state index is 3.97. The Morgan fingerprint density at radius 3 is 2.85 bits per heavy atom. The summed E-state index contributed by atoms with van der Waals surface area (Å²) >= 11 is 3.59.